The monoisotopic (exact) mass is 330 g/mol. The van der Waals surface area contributed by atoms with Crippen LogP contribution in [0, 0.1) is 6.92 Å². The number of fused-ring (bicyclic) bond motifs is 1. The number of anilines is 1. The highest BCUT2D eigenvalue weighted by atomic mass is 35.5. The Bertz CT molecular complexity index is 682. The number of aryl methyl sites for hydroxylation is 2. The molecule has 1 aliphatic rings. The maximum absolute atomic E-state index is 5.91. The quantitative estimate of drug-likeness (QED) is 0.817. The molecule has 0 bridgehead atoms. The molecule has 1 heterocycles. The van der Waals surface area contributed by atoms with Crippen molar-refractivity contribution in [1.82, 2.24) is 5.32 Å². The van der Waals surface area contributed by atoms with E-state index in [2.05, 4.69) is 35.3 Å². The summed E-state index contributed by atoms with van der Waals surface area (Å²) in [6.07, 6.45) is 2.27. The molecule has 0 fully saturated rings. The predicted octanol–water partition coefficient (Wildman–Crippen LogP) is 4.48. The van der Waals surface area contributed by atoms with E-state index in [1.165, 1.54) is 22.4 Å². The van der Waals surface area contributed by atoms with Crippen LogP contribution in [0.25, 0.3) is 0 Å². The molecule has 0 saturated heterocycles. The predicted molar refractivity (Wildman–Crippen MR) is 97.7 cm³/mol. The Balaban J connectivity index is 1.70. The van der Waals surface area contributed by atoms with Crippen LogP contribution in [0.2, 0.25) is 5.02 Å². The van der Waals surface area contributed by atoms with Gasteiger partial charge in [-0.05, 0) is 61.3 Å². The van der Waals surface area contributed by atoms with E-state index in [4.69, 9.17) is 23.8 Å². The van der Waals surface area contributed by atoms with E-state index >= 15 is 0 Å². The van der Waals surface area contributed by atoms with Gasteiger partial charge < -0.3 is 10.2 Å². The summed E-state index contributed by atoms with van der Waals surface area (Å²) >= 11 is 11.5. The molecule has 0 unspecified atom stereocenters. The molecule has 0 aromatic heterocycles. The molecule has 114 valence electrons. The van der Waals surface area contributed by atoms with E-state index in [1.807, 2.05) is 24.3 Å². The number of benzene rings is 2. The van der Waals surface area contributed by atoms with Gasteiger partial charge in [0.05, 0.1) is 0 Å². The highest BCUT2D eigenvalue weighted by Crippen LogP contribution is 2.28. The van der Waals surface area contributed by atoms with Crippen LogP contribution in [0.4, 0.5) is 5.69 Å². The molecule has 3 rings (SSSR count). The molecule has 2 aromatic rings. The molecule has 0 atom stereocenters. The normalized spacial score (nSPS) is 13.6. The van der Waals surface area contributed by atoms with E-state index in [0.29, 0.717) is 6.54 Å². The molecular formula is C18H19ClN2S. The molecule has 4 heteroatoms. The zero-order valence-corrected chi connectivity index (χ0v) is 14.2. The molecule has 2 aromatic carbocycles. The van der Waals surface area contributed by atoms with Gasteiger partial charge in [-0.1, -0.05) is 41.4 Å². The number of halogens is 1. The Kier molecular flexibility index (Phi) is 4.65. The van der Waals surface area contributed by atoms with Gasteiger partial charge in [0.1, 0.15) is 0 Å². The average Bonchev–Trinajstić information content (AvgIpc) is 2.53. The van der Waals surface area contributed by atoms with Gasteiger partial charge in [-0.15, -0.1) is 0 Å². The number of rotatable bonds is 2. The van der Waals surface area contributed by atoms with Crippen molar-refractivity contribution in [3.63, 3.8) is 0 Å². The highest BCUT2D eigenvalue weighted by Gasteiger charge is 2.19. The maximum Gasteiger partial charge on any atom is 0.173 e. The van der Waals surface area contributed by atoms with Gasteiger partial charge in [-0.2, -0.15) is 0 Å². The van der Waals surface area contributed by atoms with E-state index in [9.17, 15) is 0 Å². The summed E-state index contributed by atoms with van der Waals surface area (Å²) in [6, 6.07) is 14.4. The van der Waals surface area contributed by atoms with Gasteiger partial charge in [0.15, 0.2) is 5.11 Å². The third-order valence-electron chi connectivity index (χ3n) is 3.96. The molecular weight excluding hydrogens is 312 g/mol. The Morgan fingerprint density at radius 3 is 2.77 bits per heavy atom. The first kappa shape index (κ1) is 15.3. The number of thiocarbonyl (C=S) groups is 1. The van der Waals surface area contributed by atoms with Crippen molar-refractivity contribution in [3.05, 3.63) is 64.2 Å². The molecule has 0 radical (unpaired) electrons. The van der Waals surface area contributed by atoms with Crippen LogP contribution in [0.15, 0.2) is 42.5 Å². The average molecular weight is 331 g/mol. The first-order valence-electron chi connectivity index (χ1n) is 7.53. The highest BCUT2D eigenvalue weighted by molar-refractivity contribution is 7.80. The van der Waals surface area contributed by atoms with Crippen LogP contribution in [0.5, 0.6) is 0 Å². The van der Waals surface area contributed by atoms with Crippen LogP contribution < -0.4 is 10.2 Å². The Morgan fingerprint density at radius 1 is 1.23 bits per heavy atom. The van der Waals surface area contributed by atoms with Crippen LogP contribution in [-0.2, 0) is 13.0 Å². The van der Waals surface area contributed by atoms with Crippen molar-refractivity contribution >= 4 is 34.6 Å². The van der Waals surface area contributed by atoms with E-state index in [1.54, 1.807) is 0 Å². The molecule has 1 aliphatic heterocycles. The first-order valence-corrected chi connectivity index (χ1v) is 8.31. The van der Waals surface area contributed by atoms with E-state index in [0.717, 1.165) is 29.5 Å². The fourth-order valence-electron chi connectivity index (χ4n) is 2.81. The second-order valence-corrected chi connectivity index (χ2v) is 6.50. The van der Waals surface area contributed by atoms with Gasteiger partial charge in [0, 0.05) is 23.8 Å². The lowest BCUT2D eigenvalue weighted by Crippen LogP contribution is -2.42. The molecule has 0 aliphatic carbocycles. The molecule has 0 saturated carbocycles. The van der Waals surface area contributed by atoms with Crippen molar-refractivity contribution in [3.8, 4) is 0 Å². The lowest BCUT2D eigenvalue weighted by Gasteiger charge is -2.32. The summed E-state index contributed by atoms with van der Waals surface area (Å²) in [7, 11) is 0. The summed E-state index contributed by atoms with van der Waals surface area (Å²) in [6.45, 7) is 3.83. The van der Waals surface area contributed by atoms with Crippen molar-refractivity contribution < 1.29 is 0 Å². The minimum absolute atomic E-state index is 0.716. The van der Waals surface area contributed by atoms with E-state index < -0.39 is 0 Å². The van der Waals surface area contributed by atoms with Crippen molar-refractivity contribution in [1.29, 1.82) is 0 Å². The van der Waals surface area contributed by atoms with Crippen LogP contribution in [0.1, 0.15) is 23.1 Å². The molecule has 0 amide bonds. The molecule has 0 spiro atoms. The van der Waals surface area contributed by atoms with Gasteiger partial charge in [0.25, 0.3) is 0 Å². The van der Waals surface area contributed by atoms with Crippen molar-refractivity contribution in [2.24, 2.45) is 0 Å². The Morgan fingerprint density at radius 2 is 2.00 bits per heavy atom. The van der Waals surface area contributed by atoms with Gasteiger partial charge >= 0.3 is 0 Å². The molecule has 22 heavy (non-hydrogen) atoms. The zero-order chi connectivity index (χ0) is 15.5. The van der Waals surface area contributed by atoms with Gasteiger partial charge in [-0.3, -0.25) is 0 Å². The van der Waals surface area contributed by atoms with Crippen LogP contribution >= 0.6 is 23.8 Å². The topological polar surface area (TPSA) is 15.3 Å². The third-order valence-corrected chi connectivity index (χ3v) is 4.57. The SMILES string of the molecule is Cc1ccc2c(c1)CCCN2C(=S)NCc1ccc(Cl)cc1. The van der Waals surface area contributed by atoms with Crippen LogP contribution in [0.3, 0.4) is 0 Å². The fraction of sp³-hybridized carbons (Fsp3) is 0.278. The first-order chi connectivity index (χ1) is 10.6. The Labute approximate surface area is 142 Å². The number of nitrogens with zero attached hydrogens (tertiary/aromatic N) is 1. The minimum atomic E-state index is 0.716. The fourth-order valence-corrected chi connectivity index (χ4v) is 3.20. The summed E-state index contributed by atoms with van der Waals surface area (Å²) in [4.78, 5) is 2.21. The summed E-state index contributed by atoms with van der Waals surface area (Å²) < 4.78 is 0. The van der Waals surface area contributed by atoms with Crippen LogP contribution in [-0.4, -0.2) is 11.7 Å². The largest absolute Gasteiger partial charge is 0.358 e. The standard InChI is InChI=1S/C18H19ClN2S/c1-13-4-9-17-15(11-13)3-2-10-21(17)18(22)20-12-14-5-7-16(19)8-6-14/h4-9,11H,2-3,10,12H2,1H3,(H,20,22). The van der Waals surface area contributed by atoms with Crippen molar-refractivity contribution in [2.45, 2.75) is 26.3 Å². The van der Waals surface area contributed by atoms with E-state index in [-0.39, 0.29) is 0 Å². The smallest absolute Gasteiger partial charge is 0.173 e. The second-order valence-electron chi connectivity index (χ2n) is 5.67. The molecule has 1 N–H and O–H groups in total. The number of hydrogen-bond acceptors (Lipinski definition) is 1. The minimum Gasteiger partial charge on any atom is -0.358 e. The maximum atomic E-state index is 5.91. The summed E-state index contributed by atoms with van der Waals surface area (Å²) in [5.74, 6) is 0. The van der Waals surface area contributed by atoms with Gasteiger partial charge in [0.2, 0.25) is 0 Å². The van der Waals surface area contributed by atoms with Crippen molar-refractivity contribution in [2.75, 3.05) is 11.4 Å². The summed E-state index contributed by atoms with van der Waals surface area (Å²) in [5.41, 5.74) is 5.11. The second kappa shape index (κ2) is 6.67. The number of nitrogens with one attached hydrogen (secondary N) is 1. The lowest BCUT2D eigenvalue weighted by molar-refractivity contribution is 0.762. The third kappa shape index (κ3) is 3.42. The lowest BCUT2D eigenvalue weighted by atomic mass is 10.00. The zero-order valence-electron chi connectivity index (χ0n) is 12.6. The Hall–Kier alpha value is -1.58. The van der Waals surface area contributed by atoms with Gasteiger partial charge in [-0.25, -0.2) is 0 Å². The number of hydrogen-bond donors (Lipinski definition) is 1. The molecule has 2 nitrogen and oxygen atoms in total. The summed E-state index contributed by atoms with van der Waals surface area (Å²) in [5, 5.41) is 4.91.